The highest BCUT2D eigenvalue weighted by molar-refractivity contribution is 7.99. The molecule has 1 aromatic carbocycles. The first-order chi connectivity index (χ1) is 14.1. The standard InChI is InChI=1S/C19H16ClN5O2S2/c1-12-4-5-14(7-15(12)20)25-11-22-24-19(25)29-10-17(26)21-8-13-9-27-18(23-13)16-3-2-6-28-16/h2-7,9,11H,8,10H2,1H3,(H,21,26). The number of thiophene rings is 1. The van der Waals surface area contributed by atoms with Crippen LogP contribution >= 0.6 is 34.7 Å². The third-order valence-corrected chi connectivity index (χ3v) is 6.24. The van der Waals surface area contributed by atoms with E-state index in [1.165, 1.54) is 11.8 Å². The quantitative estimate of drug-likeness (QED) is 0.425. The van der Waals surface area contributed by atoms with Crippen molar-refractivity contribution in [3.8, 4) is 16.5 Å². The minimum atomic E-state index is -0.132. The maximum atomic E-state index is 12.2. The number of aryl methyl sites for hydroxylation is 1. The van der Waals surface area contributed by atoms with E-state index in [0.29, 0.717) is 28.3 Å². The van der Waals surface area contributed by atoms with Gasteiger partial charge in [-0.2, -0.15) is 0 Å². The topological polar surface area (TPSA) is 85.8 Å². The summed E-state index contributed by atoms with van der Waals surface area (Å²) in [7, 11) is 0. The predicted molar refractivity (Wildman–Crippen MR) is 113 cm³/mol. The Balaban J connectivity index is 1.32. The van der Waals surface area contributed by atoms with E-state index in [1.807, 2.05) is 42.6 Å². The van der Waals surface area contributed by atoms with Crippen molar-refractivity contribution in [2.24, 2.45) is 0 Å². The number of benzene rings is 1. The highest BCUT2D eigenvalue weighted by atomic mass is 35.5. The zero-order valence-corrected chi connectivity index (χ0v) is 17.7. The first kappa shape index (κ1) is 19.7. The number of rotatable bonds is 7. The monoisotopic (exact) mass is 445 g/mol. The summed E-state index contributed by atoms with van der Waals surface area (Å²) in [5, 5.41) is 14.1. The molecule has 0 fully saturated rings. The molecule has 1 N–H and O–H groups in total. The van der Waals surface area contributed by atoms with Gasteiger partial charge >= 0.3 is 0 Å². The summed E-state index contributed by atoms with van der Waals surface area (Å²) < 4.78 is 7.25. The molecule has 0 aliphatic carbocycles. The zero-order valence-electron chi connectivity index (χ0n) is 15.3. The summed E-state index contributed by atoms with van der Waals surface area (Å²) >= 11 is 9.05. The van der Waals surface area contributed by atoms with E-state index in [1.54, 1.807) is 28.5 Å². The van der Waals surface area contributed by atoms with E-state index in [0.717, 1.165) is 16.1 Å². The largest absolute Gasteiger partial charge is 0.443 e. The number of hydrogen-bond acceptors (Lipinski definition) is 7. The fourth-order valence-electron chi connectivity index (χ4n) is 2.50. The third kappa shape index (κ3) is 4.69. The molecule has 4 aromatic rings. The van der Waals surface area contributed by atoms with Crippen LogP contribution in [0.1, 0.15) is 11.3 Å². The van der Waals surface area contributed by atoms with Gasteiger partial charge in [0, 0.05) is 5.02 Å². The fraction of sp³-hybridized carbons (Fsp3) is 0.158. The Morgan fingerprint density at radius 2 is 2.28 bits per heavy atom. The molecule has 148 valence electrons. The molecular formula is C19H16ClN5O2S2. The highest BCUT2D eigenvalue weighted by Crippen LogP contribution is 2.25. The number of thioether (sulfide) groups is 1. The Labute approximate surface area is 180 Å². The van der Waals surface area contributed by atoms with Gasteiger partial charge in [-0.15, -0.1) is 21.5 Å². The van der Waals surface area contributed by atoms with Gasteiger partial charge in [0.1, 0.15) is 12.6 Å². The molecule has 1 amide bonds. The minimum Gasteiger partial charge on any atom is -0.443 e. The summed E-state index contributed by atoms with van der Waals surface area (Å²) in [5.74, 6) is 0.629. The molecule has 4 rings (SSSR count). The van der Waals surface area contributed by atoms with Gasteiger partial charge in [0.05, 0.1) is 28.6 Å². The molecular weight excluding hydrogens is 430 g/mol. The number of carbonyl (C=O) groups excluding carboxylic acids is 1. The van der Waals surface area contributed by atoms with Gasteiger partial charge in [0.15, 0.2) is 5.16 Å². The van der Waals surface area contributed by atoms with Crippen molar-refractivity contribution in [3.63, 3.8) is 0 Å². The van der Waals surface area contributed by atoms with E-state index in [9.17, 15) is 4.79 Å². The highest BCUT2D eigenvalue weighted by Gasteiger charge is 2.12. The van der Waals surface area contributed by atoms with Crippen LogP contribution in [0.3, 0.4) is 0 Å². The second-order valence-electron chi connectivity index (χ2n) is 6.10. The molecule has 3 heterocycles. The molecule has 3 aromatic heterocycles. The number of nitrogens with zero attached hydrogens (tertiary/aromatic N) is 4. The van der Waals surface area contributed by atoms with Crippen LogP contribution < -0.4 is 5.32 Å². The lowest BCUT2D eigenvalue weighted by Gasteiger charge is -2.08. The lowest BCUT2D eigenvalue weighted by Crippen LogP contribution is -2.24. The molecule has 0 saturated heterocycles. The number of oxazole rings is 1. The van der Waals surface area contributed by atoms with Crippen molar-refractivity contribution >= 4 is 40.6 Å². The Morgan fingerprint density at radius 1 is 1.38 bits per heavy atom. The lowest BCUT2D eigenvalue weighted by atomic mass is 10.2. The van der Waals surface area contributed by atoms with E-state index in [2.05, 4.69) is 20.5 Å². The van der Waals surface area contributed by atoms with Crippen LogP contribution in [0.15, 0.2) is 57.9 Å². The number of nitrogens with one attached hydrogen (secondary N) is 1. The van der Waals surface area contributed by atoms with Crippen molar-refractivity contribution in [3.05, 3.63) is 64.6 Å². The molecule has 0 bridgehead atoms. The third-order valence-electron chi connectivity index (χ3n) is 4.03. The van der Waals surface area contributed by atoms with Gasteiger partial charge in [0.2, 0.25) is 11.8 Å². The Bertz CT molecular complexity index is 1120. The number of hydrogen-bond donors (Lipinski definition) is 1. The van der Waals surface area contributed by atoms with E-state index in [4.69, 9.17) is 16.0 Å². The number of aromatic nitrogens is 4. The first-order valence-corrected chi connectivity index (χ1v) is 10.9. The second kappa shape index (κ2) is 8.81. The molecule has 7 nitrogen and oxygen atoms in total. The molecule has 0 unspecified atom stereocenters. The average molecular weight is 446 g/mol. The normalized spacial score (nSPS) is 11.0. The lowest BCUT2D eigenvalue weighted by molar-refractivity contribution is -0.118. The van der Waals surface area contributed by atoms with Crippen LogP contribution in [0.25, 0.3) is 16.5 Å². The molecule has 0 saturated carbocycles. The van der Waals surface area contributed by atoms with Gasteiger partial charge in [-0.3, -0.25) is 9.36 Å². The smallest absolute Gasteiger partial charge is 0.236 e. The number of halogens is 1. The summed E-state index contributed by atoms with van der Waals surface area (Å²) in [4.78, 5) is 17.6. The van der Waals surface area contributed by atoms with Crippen molar-refractivity contribution in [2.45, 2.75) is 18.6 Å². The molecule has 0 aliphatic rings. The van der Waals surface area contributed by atoms with E-state index >= 15 is 0 Å². The number of amides is 1. The predicted octanol–water partition coefficient (Wildman–Crippen LogP) is 4.35. The van der Waals surface area contributed by atoms with Gasteiger partial charge in [0.25, 0.3) is 0 Å². The van der Waals surface area contributed by atoms with Crippen LogP contribution in [-0.2, 0) is 11.3 Å². The van der Waals surface area contributed by atoms with Crippen LogP contribution in [0.4, 0.5) is 0 Å². The Morgan fingerprint density at radius 3 is 3.07 bits per heavy atom. The van der Waals surface area contributed by atoms with Crippen molar-refractivity contribution in [2.75, 3.05) is 5.75 Å². The maximum Gasteiger partial charge on any atom is 0.236 e. The summed E-state index contributed by atoms with van der Waals surface area (Å²) in [6, 6.07) is 9.59. The second-order valence-corrected chi connectivity index (χ2v) is 8.40. The zero-order chi connectivity index (χ0) is 20.2. The van der Waals surface area contributed by atoms with Gasteiger partial charge < -0.3 is 9.73 Å². The van der Waals surface area contributed by atoms with Crippen LogP contribution in [-0.4, -0.2) is 31.4 Å². The summed E-state index contributed by atoms with van der Waals surface area (Å²) in [6.45, 7) is 2.24. The SMILES string of the molecule is Cc1ccc(-n2cnnc2SCC(=O)NCc2coc(-c3cccs3)n2)cc1Cl. The summed E-state index contributed by atoms with van der Waals surface area (Å²) in [5.41, 5.74) is 2.51. The maximum absolute atomic E-state index is 12.2. The minimum absolute atomic E-state index is 0.132. The van der Waals surface area contributed by atoms with Crippen LogP contribution in [0, 0.1) is 6.92 Å². The summed E-state index contributed by atoms with van der Waals surface area (Å²) in [6.07, 6.45) is 3.16. The molecule has 0 atom stereocenters. The Hall–Kier alpha value is -2.62. The van der Waals surface area contributed by atoms with Crippen molar-refractivity contribution in [1.82, 2.24) is 25.1 Å². The van der Waals surface area contributed by atoms with Crippen molar-refractivity contribution in [1.29, 1.82) is 0 Å². The molecule has 10 heteroatoms. The van der Waals surface area contributed by atoms with Gasteiger partial charge in [-0.25, -0.2) is 4.98 Å². The van der Waals surface area contributed by atoms with Gasteiger partial charge in [-0.05, 0) is 36.1 Å². The van der Waals surface area contributed by atoms with Gasteiger partial charge in [-0.1, -0.05) is 35.5 Å². The fourth-order valence-corrected chi connectivity index (χ4v) is 4.09. The Kier molecular flexibility index (Phi) is 5.98. The first-order valence-electron chi connectivity index (χ1n) is 8.64. The molecule has 0 radical (unpaired) electrons. The van der Waals surface area contributed by atoms with Crippen molar-refractivity contribution < 1.29 is 9.21 Å². The molecule has 0 spiro atoms. The van der Waals surface area contributed by atoms with E-state index < -0.39 is 0 Å². The van der Waals surface area contributed by atoms with Crippen LogP contribution in [0.2, 0.25) is 5.02 Å². The number of carbonyl (C=O) groups is 1. The van der Waals surface area contributed by atoms with E-state index in [-0.39, 0.29) is 11.7 Å². The molecule has 0 aliphatic heterocycles. The molecule has 29 heavy (non-hydrogen) atoms. The van der Waals surface area contributed by atoms with Crippen LogP contribution in [0.5, 0.6) is 0 Å². The average Bonchev–Trinajstić information content (AvgIpc) is 3.47.